The SMILES string of the molecule is O=C(O)c1ccccc1N=NC(=NNc1nc(-c2ccccc2)cc(-c2ccccc2)n1)c1ccccc1. The van der Waals surface area contributed by atoms with E-state index in [2.05, 4.69) is 30.7 Å². The van der Waals surface area contributed by atoms with Gasteiger partial charge in [-0.1, -0.05) is 103 Å². The standard InChI is InChI=1S/C30H22N6O2/c37-29(38)24-18-10-11-19-25(24)33-34-28(23-16-8-3-9-17-23)35-36-30-31-26(21-12-4-1-5-13-21)20-27(32-30)22-14-6-2-7-15-22/h1-20H,(H,37,38)(H,31,32,36). The van der Waals surface area contributed by atoms with Gasteiger partial charge in [0.2, 0.25) is 11.8 Å². The van der Waals surface area contributed by atoms with E-state index in [1.165, 1.54) is 6.07 Å². The summed E-state index contributed by atoms with van der Waals surface area (Å²) in [5.74, 6) is -0.573. The van der Waals surface area contributed by atoms with Gasteiger partial charge in [0.25, 0.3) is 0 Å². The maximum Gasteiger partial charge on any atom is 0.337 e. The van der Waals surface area contributed by atoms with E-state index in [1.807, 2.05) is 97.1 Å². The van der Waals surface area contributed by atoms with Crippen LogP contribution in [0.25, 0.3) is 22.5 Å². The predicted octanol–water partition coefficient (Wildman–Crippen LogP) is 7.07. The number of carboxylic acid groups (broad SMARTS) is 1. The van der Waals surface area contributed by atoms with Crippen LogP contribution in [-0.2, 0) is 0 Å². The lowest BCUT2D eigenvalue weighted by atomic mass is 10.1. The van der Waals surface area contributed by atoms with Gasteiger partial charge in [0.15, 0.2) is 0 Å². The van der Waals surface area contributed by atoms with Crippen molar-refractivity contribution in [2.45, 2.75) is 0 Å². The van der Waals surface area contributed by atoms with Crippen molar-refractivity contribution < 1.29 is 9.90 Å². The third-order valence-electron chi connectivity index (χ3n) is 5.55. The molecule has 0 saturated carbocycles. The highest BCUT2D eigenvalue weighted by atomic mass is 16.4. The molecule has 0 spiro atoms. The van der Waals surface area contributed by atoms with Crippen molar-refractivity contribution in [3.05, 3.63) is 132 Å². The summed E-state index contributed by atoms with van der Waals surface area (Å²) in [6.07, 6.45) is 0. The topological polar surface area (TPSA) is 112 Å². The lowest BCUT2D eigenvalue weighted by molar-refractivity contribution is 0.0697. The highest BCUT2D eigenvalue weighted by molar-refractivity contribution is 6.00. The van der Waals surface area contributed by atoms with E-state index in [0.29, 0.717) is 5.56 Å². The highest BCUT2D eigenvalue weighted by Gasteiger charge is 2.11. The minimum atomic E-state index is -1.09. The van der Waals surface area contributed by atoms with Crippen LogP contribution in [-0.4, -0.2) is 26.9 Å². The third kappa shape index (κ3) is 5.83. The number of nitrogens with one attached hydrogen (secondary N) is 1. The van der Waals surface area contributed by atoms with Gasteiger partial charge in [-0.2, -0.15) is 5.10 Å². The maximum absolute atomic E-state index is 11.6. The van der Waals surface area contributed by atoms with Crippen LogP contribution >= 0.6 is 0 Å². The zero-order valence-electron chi connectivity index (χ0n) is 20.1. The van der Waals surface area contributed by atoms with Crippen LogP contribution in [0.1, 0.15) is 15.9 Å². The molecule has 0 saturated heterocycles. The molecule has 0 aliphatic rings. The molecule has 4 aromatic carbocycles. The van der Waals surface area contributed by atoms with E-state index in [4.69, 9.17) is 0 Å². The van der Waals surface area contributed by atoms with E-state index in [1.54, 1.807) is 18.2 Å². The molecule has 0 aliphatic heterocycles. The first-order chi connectivity index (χ1) is 18.7. The fourth-order valence-corrected chi connectivity index (χ4v) is 3.69. The molecule has 0 radical (unpaired) electrons. The van der Waals surface area contributed by atoms with E-state index in [0.717, 1.165) is 22.5 Å². The number of hydrazone groups is 1. The minimum absolute atomic E-state index is 0.0445. The molecule has 1 aromatic heterocycles. The number of azo groups is 1. The Bertz CT molecular complexity index is 1550. The van der Waals surface area contributed by atoms with Gasteiger partial charge in [0.1, 0.15) is 5.69 Å². The molecule has 0 aliphatic carbocycles. The molecule has 0 fully saturated rings. The number of amidine groups is 1. The van der Waals surface area contributed by atoms with Crippen molar-refractivity contribution in [3.8, 4) is 22.5 Å². The molecule has 5 rings (SSSR count). The lowest BCUT2D eigenvalue weighted by Gasteiger charge is -2.09. The molecule has 8 nitrogen and oxygen atoms in total. The van der Waals surface area contributed by atoms with Crippen LogP contribution in [0, 0.1) is 0 Å². The summed E-state index contributed by atoms with van der Waals surface area (Å²) in [5.41, 5.74) is 7.22. The number of anilines is 1. The number of nitrogens with zero attached hydrogens (tertiary/aromatic N) is 5. The molecule has 2 N–H and O–H groups in total. The van der Waals surface area contributed by atoms with Crippen molar-refractivity contribution in [2.24, 2.45) is 15.3 Å². The van der Waals surface area contributed by atoms with Gasteiger partial charge in [-0.15, -0.1) is 10.2 Å². The van der Waals surface area contributed by atoms with Gasteiger partial charge in [-0.25, -0.2) is 20.2 Å². The summed E-state index contributed by atoms with van der Waals surface area (Å²) in [4.78, 5) is 20.9. The number of hydrogen-bond acceptors (Lipinski definition) is 6. The molecular weight excluding hydrogens is 476 g/mol. The molecule has 1 heterocycles. The second-order valence-electron chi connectivity index (χ2n) is 8.13. The lowest BCUT2D eigenvalue weighted by Crippen LogP contribution is -2.05. The highest BCUT2D eigenvalue weighted by Crippen LogP contribution is 2.25. The molecule has 0 amide bonds. The van der Waals surface area contributed by atoms with Crippen molar-refractivity contribution in [3.63, 3.8) is 0 Å². The minimum Gasteiger partial charge on any atom is -0.478 e. The van der Waals surface area contributed by atoms with Crippen LogP contribution in [0.4, 0.5) is 11.6 Å². The fourth-order valence-electron chi connectivity index (χ4n) is 3.69. The Hall–Kier alpha value is -5.50. The van der Waals surface area contributed by atoms with Crippen molar-refractivity contribution in [1.29, 1.82) is 0 Å². The fraction of sp³-hybridized carbons (Fsp3) is 0. The van der Waals surface area contributed by atoms with Crippen molar-refractivity contribution >= 4 is 23.4 Å². The Kier molecular flexibility index (Phi) is 7.32. The average Bonchev–Trinajstić information content (AvgIpc) is 2.98. The summed E-state index contributed by atoms with van der Waals surface area (Å²) in [6, 6.07) is 37.2. The molecule has 38 heavy (non-hydrogen) atoms. The molecule has 0 bridgehead atoms. The average molecular weight is 499 g/mol. The first-order valence-corrected chi connectivity index (χ1v) is 11.8. The monoisotopic (exact) mass is 498 g/mol. The molecule has 5 aromatic rings. The van der Waals surface area contributed by atoms with Gasteiger partial charge in [0, 0.05) is 16.7 Å². The molecule has 184 valence electrons. The van der Waals surface area contributed by atoms with E-state index < -0.39 is 5.97 Å². The molecular formula is C30H22N6O2. The van der Waals surface area contributed by atoms with Gasteiger partial charge in [-0.05, 0) is 18.2 Å². The van der Waals surface area contributed by atoms with Crippen molar-refractivity contribution in [1.82, 2.24) is 9.97 Å². The molecule has 8 heteroatoms. The zero-order valence-corrected chi connectivity index (χ0v) is 20.1. The van der Waals surface area contributed by atoms with Crippen molar-refractivity contribution in [2.75, 3.05) is 5.43 Å². The van der Waals surface area contributed by atoms with Gasteiger partial charge < -0.3 is 5.11 Å². The normalized spacial score (nSPS) is 11.4. The number of rotatable bonds is 7. The Morgan fingerprint density at radius 1 is 0.684 bits per heavy atom. The number of carboxylic acids is 1. The Morgan fingerprint density at radius 3 is 1.79 bits per heavy atom. The van der Waals surface area contributed by atoms with Crippen LogP contribution in [0.15, 0.2) is 137 Å². The zero-order chi connectivity index (χ0) is 26.2. The third-order valence-corrected chi connectivity index (χ3v) is 5.55. The number of aromatic carboxylic acids is 1. The largest absolute Gasteiger partial charge is 0.478 e. The number of aromatic nitrogens is 2. The first-order valence-electron chi connectivity index (χ1n) is 11.8. The second kappa shape index (κ2) is 11.5. The molecule has 0 atom stereocenters. The molecule has 0 unspecified atom stereocenters. The van der Waals surface area contributed by atoms with Crippen LogP contribution in [0.3, 0.4) is 0 Å². The van der Waals surface area contributed by atoms with Crippen LogP contribution in [0.5, 0.6) is 0 Å². The smallest absolute Gasteiger partial charge is 0.337 e. The Balaban J connectivity index is 1.54. The van der Waals surface area contributed by atoms with E-state index >= 15 is 0 Å². The van der Waals surface area contributed by atoms with E-state index in [-0.39, 0.29) is 23.0 Å². The first kappa shape index (κ1) is 24.2. The quantitative estimate of drug-likeness (QED) is 0.108. The summed E-state index contributed by atoms with van der Waals surface area (Å²) >= 11 is 0. The Labute approximate surface area is 219 Å². The Morgan fingerprint density at radius 2 is 1.21 bits per heavy atom. The van der Waals surface area contributed by atoms with E-state index in [9.17, 15) is 9.90 Å². The summed E-state index contributed by atoms with van der Waals surface area (Å²) < 4.78 is 0. The van der Waals surface area contributed by atoms with Gasteiger partial charge >= 0.3 is 5.97 Å². The van der Waals surface area contributed by atoms with Crippen LogP contribution < -0.4 is 5.43 Å². The number of carbonyl (C=O) groups is 1. The summed E-state index contributed by atoms with van der Waals surface area (Å²) in [5, 5.41) is 22.4. The maximum atomic E-state index is 11.6. The van der Waals surface area contributed by atoms with Gasteiger partial charge in [0.05, 0.1) is 17.0 Å². The van der Waals surface area contributed by atoms with Gasteiger partial charge in [-0.3, -0.25) is 0 Å². The summed E-state index contributed by atoms with van der Waals surface area (Å²) in [6.45, 7) is 0. The second-order valence-corrected chi connectivity index (χ2v) is 8.13. The van der Waals surface area contributed by atoms with Crippen LogP contribution in [0.2, 0.25) is 0 Å². The number of benzene rings is 4. The predicted molar refractivity (Wildman–Crippen MR) is 147 cm³/mol. The number of hydrogen-bond donors (Lipinski definition) is 2. The summed E-state index contributed by atoms with van der Waals surface area (Å²) in [7, 11) is 0.